The summed E-state index contributed by atoms with van der Waals surface area (Å²) in [6.07, 6.45) is 0.899. The second-order valence-electron chi connectivity index (χ2n) is 4.13. The number of aromatic nitrogens is 2. The maximum Gasteiger partial charge on any atom is 0.134 e. The molecule has 18 heavy (non-hydrogen) atoms. The van der Waals surface area contributed by atoms with Gasteiger partial charge in [0.1, 0.15) is 11.6 Å². The largest absolute Gasteiger partial charge is 0.340 e. The molecule has 0 fully saturated rings. The van der Waals surface area contributed by atoms with Crippen molar-refractivity contribution in [2.45, 2.75) is 26.8 Å². The van der Waals surface area contributed by atoms with E-state index in [2.05, 4.69) is 22.2 Å². The molecular weight excluding hydrogens is 224 g/mol. The van der Waals surface area contributed by atoms with Crippen molar-refractivity contribution in [2.75, 3.05) is 5.32 Å². The molecule has 2 rings (SSSR count). The van der Waals surface area contributed by atoms with E-state index in [0.29, 0.717) is 6.54 Å². The third-order valence-corrected chi connectivity index (χ3v) is 2.75. The lowest BCUT2D eigenvalue weighted by Gasteiger charge is -2.11. The van der Waals surface area contributed by atoms with Crippen molar-refractivity contribution >= 4 is 11.5 Å². The Labute approximate surface area is 107 Å². The van der Waals surface area contributed by atoms with E-state index in [9.17, 15) is 0 Å². The molecule has 0 amide bonds. The number of hydrogen-bond acceptors (Lipinski definition) is 4. The summed E-state index contributed by atoms with van der Waals surface area (Å²) in [4.78, 5) is 8.75. The second-order valence-corrected chi connectivity index (χ2v) is 4.13. The van der Waals surface area contributed by atoms with Crippen molar-refractivity contribution in [1.82, 2.24) is 9.97 Å². The first-order valence-corrected chi connectivity index (χ1v) is 6.12. The van der Waals surface area contributed by atoms with E-state index in [1.165, 1.54) is 0 Å². The fourth-order valence-corrected chi connectivity index (χ4v) is 1.83. The number of nitrogens with zero attached hydrogens (tertiary/aromatic N) is 2. The molecule has 3 N–H and O–H groups in total. The third kappa shape index (κ3) is 2.84. The molecule has 2 aromatic rings. The Hall–Kier alpha value is -1.94. The summed E-state index contributed by atoms with van der Waals surface area (Å²) in [7, 11) is 0. The van der Waals surface area contributed by atoms with Crippen molar-refractivity contribution in [2.24, 2.45) is 5.73 Å². The molecule has 1 aromatic carbocycles. The summed E-state index contributed by atoms with van der Waals surface area (Å²) in [5, 5.41) is 3.31. The molecule has 1 heterocycles. The van der Waals surface area contributed by atoms with Gasteiger partial charge in [0.2, 0.25) is 0 Å². The van der Waals surface area contributed by atoms with E-state index in [-0.39, 0.29) is 0 Å². The van der Waals surface area contributed by atoms with Gasteiger partial charge in [0.25, 0.3) is 0 Å². The molecule has 4 heteroatoms. The fourth-order valence-electron chi connectivity index (χ4n) is 1.83. The molecule has 0 aliphatic carbocycles. The predicted molar refractivity (Wildman–Crippen MR) is 73.8 cm³/mol. The molecule has 0 saturated heterocycles. The number of para-hydroxylation sites is 1. The average Bonchev–Trinajstić information content (AvgIpc) is 2.38. The van der Waals surface area contributed by atoms with Crippen molar-refractivity contribution in [3.05, 3.63) is 47.4 Å². The molecular formula is C14H18N4. The third-order valence-electron chi connectivity index (χ3n) is 2.75. The van der Waals surface area contributed by atoms with E-state index in [1.807, 2.05) is 37.3 Å². The van der Waals surface area contributed by atoms with Gasteiger partial charge in [-0.05, 0) is 25.0 Å². The zero-order chi connectivity index (χ0) is 13.0. The van der Waals surface area contributed by atoms with Crippen molar-refractivity contribution in [3.63, 3.8) is 0 Å². The standard InChI is InChI=1S/C14H18N4/c1-3-12-8-14(17-10(2)16-12)18-13-7-5-4-6-11(13)9-15/h4-8H,3,9,15H2,1-2H3,(H,16,17,18). The molecule has 4 nitrogen and oxygen atoms in total. The summed E-state index contributed by atoms with van der Waals surface area (Å²) < 4.78 is 0. The van der Waals surface area contributed by atoms with Gasteiger partial charge in [-0.15, -0.1) is 0 Å². The number of hydrogen-bond donors (Lipinski definition) is 2. The SMILES string of the molecule is CCc1cc(Nc2ccccc2CN)nc(C)n1. The van der Waals surface area contributed by atoms with Crippen LogP contribution in [-0.2, 0) is 13.0 Å². The zero-order valence-corrected chi connectivity index (χ0v) is 10.8. The van der Waals surface area contributed by atoms with Crippen LogP contribution < -0.4 is 11.1 Å². The molecule has 0 aliphatic rings. The minimum Gasteiger partial charge on any atom is -0.340 e. The van der Waals surface area contributed by atoms with Crippen molar-refractivity contribution < 1.29 is 0 Å². The number of anilines is 2. The van der Waals surface area contributed by atoms with Crippen LogP contribution >= 0.6 is 0 Å². The summed E-state index contributed by atoms with van der Waals surface area (Å²) in [5.74, 6) is 1.60. The lowest BCUT2D eigenvalue weighted by molar-refractivity contribution is 0.952. The summed E-state index contributed by atoms with van der Waals surface area (Å²) in [5.41, 5.74) is 8.83. The number of nitrogens with two attached hydrogens (primary N) is 1. The Morgan fingerprint density at radius 2 is 2.00 bits per heavy atom. The Morgan fingerprint density at radius 1 is 1.22 bits per heavy atom. The van der Waals surface area contributed by atoms with Crippen molar-refractivity contribution in [1.29, 1.82) is 0 Å². The summed E-state index contributed by atoms with van der Waals surface area (Å²) in [6.45, 7) is 4.49. The monoisotopic (exact) mass is 242 g/mol. The van der Waals surface area contributed by atoms with Gasteiger partial charge in [-0.2, -0.15) is 0 Å². The van der Waals surface area contributed by atoms with Gasteiger partial charge in [0.05, 0.1) is 0 Å². The smallest absolute Gasteiger partial charge is 0.134 e. The highest BCUT2D eigenvalue weighted by Crippen LogP contribution is 2.19. The minimum absolute atomic E-state index is 0.508. The Balaban J connectivity index is 2.30. The van der Waals surface area contributed by atoms with Crippen LogP contribution in [0, 0.1) is 6.92 Å². The normalized spacial score (nSPS) is 10.4. The molecule has 0 unspecified atom stereocenters. The first-order valence-electron chi connectivity index (χ1n) is 6.12. The number of aryl methyl sites for hydroxylation is 2. The molecule has 0 aliphatic heterocycles. The van der Waals surface area contributed by atoms with Crippen LogP contribution in [0.1, 0.15) is 24.0 Å². The molecule has 1 aromatic heterocycles. The number of nitrogens with one attached hydrogen (secondary N) is 1. The Morgan fingerprint density at radius 3 is 2.72 bits per heavy atom. The van der Waals surface area contributed by atoms with E-state index in [4.69, 9.17) is 5.73 Å². The van der Waals surface area contributed by atoms with Gasteiger partial charge in [-0.1, -0.05) is 25.1 Å². The zero-order valence-electron chi connectivity index (χ0n) is 10.8. The van der Waals surface area contributed by atoms with Gasteiger partial charge in [-0.3, -0.25) is 0 Å². The van der Waals surface area contributed by atoms with Gasteiger partial charge in [0, 0.05) is 24.0 Å². The molecule has 0 spiro atoms. The highest BCUT2D eigenvalue weighted by atomic mass is 15.0. The lowest BCUT2D eigenvalue weighted by Crippen LogP contribution is -2.04. The van der Waals surface area contributed by atoms with Crippen molar-refractivity contribution in [3.8, 4) is 0 Å². The first kappa shape index (κ1) is 12.5. The van der Waals surface area contributed by atoms with E-state index in [1.54, 1.807) is 0 Å². The first-order chi connectivity index (χ1) is 8.72. The predicted octanol–water partition coefficient (Wildman–Crippen LogP) is 2.55. The van der Waals surface area contributed by atoms with Crippen LogP contribution in [-0.4, -0.2) is 9.97 Å². The fraction of sp³-hybridized carbons (Fsp3) is 0.286. The maximum absolute atomic E-state index is 5.72. The van der Waals surface area contributed by atoms with Crippen LogP contribution in [0.5, 0.6) is 0 Å². The van der Waals surface area contributed by atoms with E-state index >= 15 is 0 Å². The van der Waals surface area contributed by atoms with Gasteiger partial charge in [0.15, 0.2) is 0 Å². The van der Waals surface area contributed by atoms with Crippen LogP contribution in [0.3, 0.4) is 0 Å². The van der Waals surface area contributed by atoms with Crippen LogP contribution in [0.15, 0.2) is 30.3 Å². The van der Waals surface area contributed by atoms with Gasteiger partial charge in [-0.25, -0.2) is 9.97 Å². The highest BCUT2D eigenvalue weighted by molar-refractivity contribution is 5.60. The summed E-state index contributed by atoms with van der Waals surface area (Å²) in [6, 6.07) is 9.95. The van der Waals surface area contributed by atoms with Gasteiger partial charge >= 0.3 is 0 Å². The number of rotatable bonds is 4. The highest BCUT2D eigenvalue weighted by Gasteiger charge is 2.04. The molecule has 0 saturated carbocycles. The van der Waals surface area contributed by atoms with E-state index in [0.717, 1.165) is 35.0 Å². The van der Waals surface area contributed by atoms with Gasteiger partial charge < -0.3 is 11.1 Å². The molecule has 0 atom stereocenters. The van der Waals surface area contributed by atoms with E-state index < -0.39 is 0 Å². The Bertz CT molecular complexity index is 537. The summed E-state index contributed by atoms with van der Waals surface area (Å²) >= 11 is 0. The van der Waals surface area contributed by atoms with Crippen LogP contribution in [0.2, 0.25) is 0 Å². The topological polar surface area (TPSA) is 63.8 Å². The maximum atomic E-state index is 5.72. The average molecular weight is 242 g/mol. The molecule has 0 radical (unpaired) electrons. The van der Waals surface area contributed by atoms with Crippen LogP contribution in [0.25, 0.3) is 0 Å². The minimum atomic E-state index is 0.508. The Kier molecular flexibility index (Phi) is 3.89. The number of benzene rings is 1. The quantitative estimate of drug-likeness (QED) is 0.864. The van der Waals surface area contributed by atoms with Crippen LogP contribution in [0.4, 0.5) is 11.5 Å². The second kappa shape index (κ2) is 5.60. The lowest BCUT2D eigenvalue weighted by atomic mass is 10.2. The molecule has 0 bridgehead atoms. The molecule has 94 valence electrons.